The molecule has 2 saturated carbocycles. The Bertz CT molecular complexity index is 1150. The molecule has 1 spiro atoms. The van der Waals surface area contributed by atoms with Gasteiger partial charge in [0.1, 0.15) is 5.60 Å². The van der Waals surface area contributed by atoms with E-state index in [2.05, 4.69) is 13.8 Å². The fourth-order valence-corrected chi connectivity index (χ4v) is 9.63. The van der Waals surface area contributed by atoms with Gasteiger partial charge in [0.2, 0.25) is 12.0 Å². The van der Waals surface area contributed by atoms with Crippen molar-refractivity contribution >= 4 is 0 Å². The zero-order valence-electron chi connectivity index (χ0n) is 27.8. The molecule has 5 aliphatic heterocycles. The van der Waals surface area contributed by atoms with Crippen molar-refractivity contribution in [3.05, 3.63) is 23.5 Å². The molecule has 2 bridgehead atoms. The highest BCUT2D eigenvalue weighted by Gasteiger charge is 2.68. The molecule has 4 saturated heterocycles. The molecule has 13 atom stereocenters. The lowest BCUT2D eigenvalue weighted by atomic mass is 9.59. The van der Waals surface area contributed by atoms with Crippen LogP contribution in [-0.2, 0) is 38.3 Å². The number of alkyl halides is 3. The van der Waals surface area contributed by atoms with E-state index in [9.17, 15) is 23.5 Å². The van der Waals surface area contributed by atoms with E-state index in [1.165, 1.54) is 0 Å². The number of ether oxygens (including phenoxy) is 5. The second-order valence-corrected chi connectivity index (χ2v) is 14.8. The van der Waals surface area contributed by atoms with Gasteiger partial charge in [0.25, 0.3) is 0 Å². The Kier molecular flexibility index (Phi) is 10.7. The normalized spacial score (nSPS) is 43.5. The van der Waals surface area contributed by atoms with E-state index in [1.807, 2.05) is 13.8 Å². The van der Waals surface area contributed by atoms with Crippen LogP contribution in [0, 0.1) is 41.4 Å². The van der Waals surface area contributed by atoms with Crippen molar-refractivity contribution < 1.29 is 61.9 Å². The third kappa shape index (κ3) is 6.54. The standard InChI is InChI=1S/C34H51F3O10/c1-19-7-10-26(32(46-39)18-42-21(3)9-12-24(19)32)22(4)30(38)41-16-6-5-15-40-17-23-27-11-8-20(2)25-13-14-28-43-31(33(25,27)47-45-28)44-29(23)34(35,36)37/h5-6,19-22,24-28,30-31,38-39H,7-18H2,1-4H3. The highest BCUT2D eigenvalue weighted by atomic mass is 19.4. The van der Waals surface area contributed by atoms with Crippen LogP contribution in [0.15, 0.2) is 23.5 Å². The maximum atomic E-state index is 14.3. The molecule has 13 heteroatoms. The van der Waals surface area contributed by atoms with Gasteiger partial charge in [-0.15, -0.1) is 0 Å². The van der Waals surface area contributed by atoms with Crippen LogP contribution in [0.4, 0.5) is 13.2 Å². The second kappa shape index (κ2) is 14.1. The molecule has 2 N–H and O–H groups in total. The van der Waals surface area contributed by atoms with Gasteiger partial charge in [-0.1, -0.05) is 32.9 Å². The molecular weight excluding hydrogens is 625 g/mol. The van der Waals surface area contributed by atoms with E-state index >= 15 is 0 Å². The summed E-state index contributed by atoms with van der Waals surface area (Å²) in [7, 11) is 0. The van der Waals surface area contributed by atoms with Crippen LogP contribution in [0.25, 0.3) is 0 Å². The molecule has 0 aromatic rings. The van der Waals surface area contributed by atoms with Gasteiger partial charge in [-0.25, -0.2) is 14.7 Å². The molecule has 10 nitrogen and oxygen atoms in total. The van der Waals surface area contributed by atoms with E-state index in [0.717, 1.165) is 32.1 Å². The fourth-order valence-electron chi connectivity index (χ4n) is 9.63. The molecule has 47 heavy (non-hydrogen) atoms. The maximum Gasteiger partial charge on any atom is 0.449 e. The van der Waals surface area contributed by atoms with Crippen molar-refractivity contribution in [3.63, 3.8) is 0 Å². The maximum absolute atomic E-state index is 14.3. The van der Waals surface area contributed by atoms with Crippen LogP contribution in [0.2, 0.25) is 0 Å². The van der Waals surface area contributed by atoms with E-state index in [0.29, 0.717) is 25.2 Å². The van der Waals surface area contributed by atoms with Crippen LogP contribution < -0.4 is 0 Å². The van der Waals surface area contributed by atoms with Crippen LogP contribution in [0.1, 0.15) is 79.1 Å². The molecule has 5 heterocycles. The summed E-state index contributed by atoms with van der Waals surface area (Å²) in [5.41, 5.74) is -2.06. The SMILES string of the molecule is CC1CCC2C(C)CCC(C(C)C(O)OCC=CCOCC3=C(C(F)(F)F)OC4OC5CCC6C(C)CCC3C46OO5)C2(OO)CO1. The molecule has 0 aromatic heterocycles. The predicted molar refractivity (Wildman–Crippen MR) is 160 cm³/mol. The third-order valence-corrected chi connectivity index (χ3v) is 12.2. The Labute approximate surface area is 274 Å². The zero-order chi connectivity index (χ0) is 33.6. The topological polar surface area (TPSA) is 114 Å². The van der Waals surface area contributed by atoms with Gasteiger partial charge in [0, 0.05) is 35.7 Å². The lowest BCUT2D eigenvalue weighted by Crippen LogP contribution is -2.66. The molecule has 7 rings (SSSR count). The number of rotatable bonds is 10. The molecule has 0 aromatic carbocycles. The summed E-state index contributed by atoms with van der Waals surface area (Å²) < 4.78 is 71.8. The summed E-state index contributed by atoms with van der Waals surface area (Å²) in [6.45, 7) is 8.24. The average molecular weight is 677 g/mol. The van der Waals surface area contributed by atoms with Gasteiger partial charge in [-0.05, 0) is 69.6 Å². The minimum absolute atomic E-state index is 0.0177. The van der Waals surface area contributed by atoms with Gasteiger partial charge in [-0.2, -0.15) is 13.2 Å². The minimum Gasteiger partial charge on any atom is -0.456 e. The molecule has 6 fully saturated rings. The molecule has 13 unspecified atom stereocenters. The number of halogens is 3. The molecule has 268 valence electrons. The Balaban J connectivity index is 1.05. The predicted octanol–water partition coefficient (Wildman–Crippen LogP) is 6.29. The van der Waals surface area contributed by atoms with Crippen molar-refractivity contribution in [2.75, 3.05) is 26.4 Å². The van der Waals surface area contributed by atoms with Gasteiger partial charge in [-0.3, -0.25) is 5.26 Å². The van der Waals surface area contributed by atoms with E-state index in [1.54, 1.807) is 12.2 Å². The molecular formula is C34H51F3O10. The summed E-state index contributed by atoms with van der Waals surface area (Å²) in [4.78, 5) is 16.7. The number of fused-ring (bicyclic) bond motifs is 3. The van der Waals surface area contributed by atoms with Crippen molar-refractivity contribution in [2.24, 2.45) is 41.4 Å². The highest BCUT2D eigenvalue weighted by molar-refractivity contribution is 5.28. The van der Waals surface area contributed by atoms with Crippen molar-refractivity contribution in [1.29, 1.82) is 0 Å². The van der Waals surface area contributed by atoms with Gasteiger partial charge < -0.3 is 28.8 Å². The summed E-state index contributed by atoms with van der Waals surface area (Å²) in [5.74, 6) is -1.63. The molecule has 7 aliphatic rings. The highest BCUT2D eigenvalue weighted by Crippen LogP contribution is 2.60. The van der Waals surface area contributed by atoms with Crippen LogP contribution in [0.3, 0.4) is 0 Å². The number of hydrogen-bond acceptors (Lipinski definition) is 10. The van der Waals surface area contributed by atoms with Crippen molar-refractivity contribution in [3.8, 4) is 0 Å². The number of hydrogen-bond donors (Lipinski definition) is 2. The first-order valence-electron chi connectivity index (χ1n) is 17.4. The van der Waals surface area contributed by atoms with Gasteiger partial charge in [0.15, 0.2) is 18.2 Å². The first-order chi connectivity index (χ1) is 22.4. The lowest BCUT2D eigenvalue weighted by molar-refractivity contribution is -0.528. The minimum atomic E-state index is -4.72. The average Bonchev–Trinajstić information content (AvgIpc) is 3.42. The smallest absolute Gasteiger partial charge is 0.449 e. The number of allylic oxidation sites excluding steroid dienone is 1. The largest absolute Gasteiger partial charge is 0.456 e. The van der Waals surface area contributed by atoms with Gasteiger partial charge in [0.05, 0.1) is 32.5 Å². The summed E-state index contributed by atoms with van der Waals surface area (Å²) in [6.07, 6.45) is 1.51. The van der Waals surface area contributed by atoms with Crippen LogP contribution in [0.5, 0.6) is 0 Å². The molecule has 0 amide bonds. The number of aliphatic hydroxyl groups excluding tert-OH is 1. The van der Waals surface area contributed by atoms with Gasteiger partial charge >= 0.3 is 6.18 Å². The monoisotopic (exact) mass is 676 g/mol. The number of aliphatic hydroxyl groups is 1. The van der Waals surface area contributed by atoms with E-state index < -0.39 is 47.9 Å². The Morgan fingerprint density at radius 2 is 1.68 bits per heavy atom. The quantitative estimate of drug-likeness (QED) is 0.0900. The Morgan fingerprint density at radius 1 is 0.957 bits per heavy atom. The first-order valence-corrected chi connectivity index (χ1v) is 17.4. The Morgan fingerprint density at radius 3 is 2.45 bits per heavy atom. The summed E-state index contributed by atoms with van der Waals surface area (Å²) >= 11 is 0. The lowest BCUT2D eigenvalue weighted by Gasteiger charge is -2.56. The zero-order valence-corrected chi connectivity index (χ0v) is 27.8. The van der Waals surface area contributed by atoms with Crippen LogP contribution in [-0.4, -0.2) is 79.1 Å². The second-order valence-electron chi connectivity index (χ2n) is 14.8. The Hall–Kier alpha value is -1.29. The third-order valence-electron chi connectivity index (χ3n) is 12.2. The summed E-state index contributed by atoms with van der Waals surface area (Å²) in [6, 6.07) is 0. The molecule has 2 aliphatic carbocycles. The van der Waals surface area contributed by atoms with E-state index in [4.69, 9.17) is 38.3 Å². The van der Waals surface area contributed by atoms with Crippen molar-refractivity contribution in [1.82, 2.24) is 0 Å². The first kappa shape index (κ1) is 35.5. The summed E-state index contributed by atoms with van der Waals surface area (Å²) in [5, 5.41) is 21.2. The fraction of sp³-hybridized carbons (Fsp3) is 0.882. The molecule has 0 radical (unpaired) electrons. The van der Waals surface area contributed by atoms with Crippen LogP contribution >= 0.6 is 0 Å². The van der Waals surface area contributed by atoms with Crippen molar-refractivity contribution in [2.45, 2.75) is 121 Å². The van der Waals surface area contributed by atoms with E-state index in [-0.39, 0.29) is 67.7 Å².